The summed E-state index contributed by atoms with van der Waals surface area (Å²) in [6.07, 6.45) is 0.308. The summed E-state index contributed by atoms with van der Waals surface area (Å²) in [6, 6.07) is 0. The lowest BCUT2D eigenvalue weighted by molar-refractivity contribution is -0.137. The number of nitrogens with one attached hydrogen (secondary N) is 1. The highest BCUT2D eigenvalue weighted by Gasteiger charge is 2.37. The SMILES string of the molecule is O=C(O)CCCNC(=O)C1CCC(F)(F)CC1. The molecule has 1 aliphatic carbocycles. The Morgan fingerprint density at radius 3 is 2.41 bits per heavy atom. The van der Waals surface area contributed by atoms with Crippen molar-refractivity contribution >= 4 is 11.9 Å². The lowest BCUT2D eigenvalue weighted by Crippen LogP contribution is -2.36. The number of carbonyl (C=O) groups is 2. The van der Waals surface area contributed by atoms with Crippen LogP contribution in [0, 0.1) is 5.92 Å². The zero-order valence-corrected chi connectivity index (χ0v) is 9.55. The van der Waals surface area contributed by atoms with Gasteiger partial charge in [-0.15, -0.1) is 0 Å². The minimum atomic E-state index is -2.62. The highest BCUT2D eigenvalue weighted by Crippen LogP contribution is 2.36. The number of rotatable bonds is 5. The van der Waals surface area contributed by atoms with Gasteiger partial charge in [-0.05, 0) is 19.3 Å². The first kappa shape index (κ1) is 13.9. The number of carboxylic acids is 1. The van der Waals surface area contributed by atoms with E-state index in [1.807, 2.05) is 0 Å². The van der Waals surface area contributed by atoms with Crippen molar-refractivity contribution in [3.8, 4) is 0 Å². The zero-order valence-electron chi connectivity index (χ0n) is 9.55. The van der Waals surface area contributed by atoms with E-state index >= 15 is 0 Å². The molecule has 0 aromatic heterocycles. The van der Waals surface area contributed by atoms with E-state index in [2.05, 4.69) is 5.32 Å². The summed E-state index contributed by atoms with van der Waals surface area (Å²) in [5, 5.41) is 11.0. The topological polar surface area (TPSA) is 66.4 Å². The third kappa shape index (κ3) is 5.10. The molecule has 1 saturated carbocycles. The summed E-state index contributed by atoms with van der Waals surface area (Å²) >= 11 is 0. The maximum atomic E-state index is 12.8. The first-order chi connectivity index (χ1) is 7.91. The van der Waals surface area contributed by atoms with E-state index in [0.29, 0.717) is 6.42 Å². The van der Waals surface area contributed by atoms with Gasteiger partial charge >= 0.3 is 5.97 Å². The number of carbonyl (C=O) groups excluding carboxylic acids is 1. The van der Waals surface area contributed by atoms with Crippen LogP contribution in [0.3, 0.4) is 0 Å². The third-order valence-corrected chi connectivity index (χ3v) is 2.95. The minimum Gasteiger partial charge on any atom is -0.481 e. The van der Waals surface area contributed by atoms with Crippen molar-refractivity contribution in [3.05, 3.63) is 0 Å². The largest absolute Gasteiger partial charge is 0.481 e. The lowest BCUT2D eigenvalue weighted by Gasteiger charge is -2.27. The Kier molecular flexibility index (Phi) is 4.84. The molecular weight excluding hydrogens is 232 g/mol. The van der Waals surface area contributed by atoms with Crippen molar-refractivity contribution < 1.29 is 23.5 Å². The second-order valence-electron chi connectivity index (χ2n) is 4.42. The van der Waals surface area contributed by atoms with Crippen LogP contribution in [-0.4, -0.2) is 29.5 Å². The molecule has 0 atom stereocenters. The average Bonchev–Trinajstić information content (AvgIpc) is 2.23. The van der Waals surface area contributed by atoms with Crippen molar-refractivity contribution in [2.45, 2.75) is 44.4 Å². The molecule has 2 N–H and O–H groups in total. The Hall–Kier alpha value is -1.20. The maximum absolute atomic E-state index is 12.8. The minimum absolute atomic E-state index is 0.00299. The summed E-state index contributed by atoms with van der Waals surface area (Å²) in [7, 11) is 0. The second-order valence-corrected chi connectivity index (χ2v) is 4.42. The molecule has 0 saturated heterocycles. The summed E-state index contributed by atoms with van der Waals surface area (Å²) in [5.74, 6) is -4.11. The molecular formula is C11H17F2NO3. The van der Waals surface area contributed by atoms with Gasteiger partial charge in [0, 0.05) is 31.7 Å². The van der Waals surface area contributed by atoms with Crippen LogP contribution in [0.5, 0.6) is 0 Å². The van der Waals surface area contributed by atoms with Crippen molar-refractivity contribution in [1.29, 1.82) is 0 Å². The Balaban J connectivity index is 2.18. The molecule has 1 rings (SSSR count). The Morgan fingerprint density at radius 1 is 1.29 bits per heavy atom. The number of carboxylic acid groups (broad SMARTS) is 1. The van der Waals surface area contributed by atoms with E-state index in [4.69, 9.17) is 5.11 Å². The fraction of sp³-hybridized carbons (Fsp3) is 0.818. The van der Waals surface area contributed by atoms with Crippen LogP contribution < -0.4 is 5.32 Å². The number of aliphatic carboxylic acids is 1. The quantitative estimate of drug-likeness (QED) is 0.730. The number of halogens is 2. The van der Waals surface area contributed by atoms with Crippen molar-refractivity contribution in [2.75, 3.05) is 6.54 Å². The first-order valence-corrected chi connectivity index (χ1v) is 5.78. The molecule has 1 fully saturated rings. The molecule has 0 aromatic carbocycles. The fourth-order valence-corrected chi connectivity index (χ4v) is 1.90. The summed E-state index contributed by atoms with van der Waals surface area (Å²) < 4.78 is 25.7. The van der Waals surface area contributed by atoms with Gasteiger partial charge in [0.05, 0.1) is 0 Å². The Labute approximate surface area is 98.4 Å². The molecule has 0 aliphatic heterocycles. The molecule has 1 amide bonds. The number of hydrogen-bond donors (Lipinski definition) is 2. The Bertz CT molecular complexity index is 284. The van der Waals surface area contributed by atoms with Gasteiger partial charge in [-0.25, -0.2) is 8.78 Å². The van der Waals surface area contributed by atoms with E-state index in [-0.39, 0.29) is 50.5 Å². The van der Waals surface area contributed by atoms with Crippen LogP contribution in [0.25, 0.3) is 0 Å². The third-order valence-electron chi connectivity index (χ3n) is 2.95. The monoisotopic (exact) mass is 249 g/mol. The normalized spacial score (nSPS) is 19.9. The van der Waals surface area contributed by atoms with Crippen LogP contribution in [-0.2, 0) is 9.59 Å². The van der Waals surface area contributed by atoms with Crippen LogP contribution in [0.2, 0.25) is 0 Å². The maximum Gasteiger partial charge on any atom is 0.303 e. The van der Waals surface area contributed by atoms with Crippen molar-refractivity contribution in [3.63, 3.8) is 0 Å². The van der Waals surface area contributed by atoms with E-state index in [0.717, 1.165) is 0 Å². The molecule has 4 nitrogen and oxygen atoms in total. The fourth-order valence-electron chi connectivity index (χ4n) is 1.90. The van der Waals surface area contributed by atoms with E-state index in [9.17, 15) is 18.4 Å². The zero-order chi connectivity index (χ0) is 12.9. The predicted octanol–water partition coefficient (Wildman–Crippen LogP) is 1.79. The van der Waals surface area contributed by atoms with E-state index in [1.54, 1.807) is 0 Å². The van der Waals surface area contributed by atoms with Gasteiger partial charge in [0.1, 0.15) is 0 Å². The summed E-state index contributed by atoms with van der Waals surface area (Å²) in [6.45, 7) is 0.290. The standard InChI is InChI=1S/C11H17F2NO3/c12-11(13)5-3-8(4-6-11)10(17)14-7-1-2-9(15)16/h8H,1-7H2,(H,14,17)(H,15,16). The van der Waals surface area contributed by atoms with Gasteiger partial charge in [0.25, 0.3) is 0 Å². The predicted molar refractivity (Wildman–Crippen MR) is 56.8 cm³/mol. The lowest BCUT2D eigenvalue weighted by atomic mass is 9.86. The highest BCUT2D eigenvalue weighted by molar-refractivity contribution is 5.78. The van der Waals surface area contributed by atoms with Gasteiger partial charge < -0.3 is 10.4 Å². The number of hydrogen-bond acceptors (Lipinski definition) is 2. The van der Waals surface area contributed by atoms with Gasteiger partial charge in [0.2, 0.25) is 11.8 Å². The molecule has 0 heterocycles. The molecule has 0 unspecified atom stereocenters. The van der Waals surface area contributed by atoms with Crippen LogP contribution >= 0.6 is 0 Å². The van der Waals surface area contributed by atoms with E-state index < -0.39 is 11.9 Å². The van der Waals surface area contributed by atoms with Gasteiger partial charge in [-0.2, -0.15) is 0 Å². The Morgan fingerprint density at radius 2 is 1.88 bits per heavy atom. The molecule has 0 bridgehead atoms. The first-order valence-electron chi connectivity index (χ1n) is 5.78. The molecule has 17 heavy (non-hydrogen) atoms. The van der Waals surface area contributed by atoms with Crippen LogP contribution in [0.4, 0.5) is 8.78 Å². The van der Waals surface area contributed by atoms with Gasteiger partial charge in [-0.1, -0.05) is 0 Å². The molecule has 6 heteroatoms. The smallest absolute Gasteiger partial charge is 0.303 e. The molecule has 0 radical (unpaired) electrons. The van der Waals surface area contributed by atoms with Crippen molar-refractivity contribution in [2.24, 2.45) is 5.92 Å². The summed E-state index contributed by atoms with van der Waals surface area (Å²) in [5.41, 5.74) is 0. The van der Waals surface area contributed by atoms with E-state index in [1.165, 1.54) is 0 Å². The van der Waals surface area contributed by atoms with Crippen LogP contribution in [0.15, 0.2) is 0 Å². The van der Waals surface area contributed by atoms with Gasteiger partial charge in [0.15, 0.2) is 0 Å². The molecule has 98 valence electrons. The number of alkyl halides is 2. The van der Waals surface area contributed by atoms with Crippen LogP contribution in [0.1, 0.15) is 38.5 Å². The highest BCUT2D eigenvalue weighted by atomic mass is 19.3. The molecule has 1 aliphatic rings. The van der Waals surface area contributed by atoms with Gasteiger partial charge in [-0.3, -0.25) is 9.59 Å². The van der Waals surface area contributed by atoms with Crippen molar-refractivity contribution in [1.82, 2.24) is 5.32 Å². The second kappa shape index (κ2) is 5.93. The summed E-state index contributed by atoms with van der Waals surface area (Å²) in [4.78, 5) is 21.8. The molecule has 0 aromatic rings. The average molecular weight is 249 g/mol. The number of amides is 1. The molecule has 0 spiro atoms.